The summed E-state index contributed by atoms with van der Waals surface area (Å²) in [4.78, 5) is 0. The summed E-state index contributed by atoms with van der Waals surface area (Å²) in [5, 5.41) is 3.14. The number of hydrogen-bond donors (Lipinski definition) is 1. The Labute approximate surface area is 98.3 Å². The van der Waals surface area contributed by atoms with Gasteiger partial charge in [-0.1, -0.05) is 17.7 Å². The maximum Gasteiger partial charge on any atom is 0.126 e. The van der Waals surface area contributed by atoms with Crippen molar-refractivity contribution in [2.45, 2.75) is 20.3 Å². The zero-order valence-corrected chi connectivity index (χ0v) is 10.6. The highest BCUT2D eigenvalue weighted by molar-refractivity contribution is 5.69. The fourth-order valence-electron chi connectivity index (χ4n) is 1.67. The molecule has 0 spiro atoms. The van der Waals surface area contributed by atoms with Gasteiger partial charge in [0.05, 0.1) is 7.11 Å². The fourth-order valence-corrected chi connectivity index (χ4v) is 1.67. The van der Waals surface area contributed by atoms with E-state index in [0.717, 1.165) is 18.7 Å². The van der Waals surface area contributed by atoms with Gasteiger partial charge in [-0.3, -0.25) is 0 Å². The van der Waals surface area contributed by atoms with E-state index in [1.165, 1.54) is 16.7 Å². The molecule has 0 aliphatic rings. The van der Waals surface area contributed by atoms with Crippen LogP contribution in [0.4, 0.5) is 0 Å². The molecule has 1 aromatic carbocycles. The van der Waals surface area contributed by atoms with Gasteiger partial charge in [-0.15, -0.1) is 0 Å². The van der Waals surface area contributed by atoms with E-state index in [0.29, 0.717) is 0 Å². The molecule has 0 bridgehead atoms. The summed E-state index contributed by atoms with van der Waals surface area (Å²) in [6.45, 7) is 5.24. The minimum Gasteiger partial charge on any atom is -0.496 e. The molecule has 0 saturated carbocycles. The Kier molecular flexibility index (Phi) is 5.06. The molecule has 0 aliphatic carbocycles. The Morgan fingerprint density at radius 2 is 2.19 bits per heavy atom. The van der Waals surface area contributed by atoms with Crippen LogP contribution in [0.2, 0.25) is 0 Å². The van der Waals surface area contributed by atoms with Crippen molar-refractivity contribution in [2.75, 3.05) is 20.7 Å². The molecule has 2 heteroatoms. The van der Waals surface area contributed by atoms with Crippen molar-refractivity contribution < 1.29 is 4.74 Å². The summed E-state index contributed by atoms with van der Waals surface area (Å²) in [5.41, 5.74) is 3.73. The number of methoxy groups -OCH3 is 1. The van der Waals surface area contributed by atoms with E-state index < -0.39 is 0 Å². The average Bonchev–Trinajstić information content (AvgIpc) is 2.29. The smallest absolute Gasteiger partial charge is 0.126 e. The molecule has 0 fully saturated rings. The Balaban J connectivity index is 2.92. The van der Waals surface area contributed by atoms with E-state index in [4.69, 9.17) is 4.74 Å². The minimum absolute atomic E-state index is 0.948. The quantitative estimate of drug-likeness (QED) is 0.769. The van der Waals surface area contributed by atoms with Gasteiger partial charge in [0.15, 0.2) is 0 Å². The van der Waals surface area contributed by atoms with Gasteiger partial charge in [-0.25, -0.2) is 0 Å². The first-order valence-electron chi connectivity index (χ1n) is 5.65. The monoisotopic (exact) mass is 219 g/mol. The van der Waals surface area contributed by atoms with Gasteiger partial charge in [-0.05, 0) is 51.6 Å². The predicted molar refractivity (Wildman–Crippen MR) is 69.9 cm³/mol. The SMILES string of the molecule is CNCCC=C(C)c1cc(C)ccc1OC. The highest BCUT2D eigenvalue weighted by atomic mass is 16.5. The number of allylic oxidation sites excluding steroid dienone is 1. The molecule has 1 aromatic rings. The predicted octanol–water partition coefficient (Wildman–Crippen LogP) is 3.02. The summed E-state index contributed by atoms with van der Waals surface area (Å²) in [6.07, 6.45) is 3.28. The molecular formula is C14H21NO. The number of ether oxygens (including phenoxy) is 1. The van der Waals surface area contributed by atoms with Crippen LogP contribution >= 0.6 is 0 Å². The Morgan fingerprint density at radius 1 is 1.44 bits per heavy atom. The zero-order valence-electron chi connectivity index (χ0n) is 10.6. The highest BCUT2D eigenvalue weighted by Gasteiger charge is 2.04. The molecule has 0 unspecified atom stereocenters. The number of aryl methyl sites for hydroxylation is 1. The molecule has 0 aliphatic heterocycles. The molecular weight excluding hydrogens is 198 g/mol. The van der Waals surface area contributed by atoms with Gasteiger partial charge >= 0.3 is 0 Å². The van der Waals surface area contributed by atoms with Crippen molar-refractivity contribution in [1.29, 1.82) is 0 Å². The first-order chi connectivity index (χ1) is 7.69. The summed E-state index contributed by atoms with van der Waals surface area (Å²) in [6, 6.07) is 6.27. The molecule has 1 rings (SSSR count). The Hall–Kier alpha value is -1.28. The van der Waals surface area contributed by atoms with Crippen molar-refractivity contribution in [3.63, 3.8) is 0 Å². The normalized spacial score (nSPS) is 11.6. The first kappa shape index (κ1) is 12.8. The molecule has 88 valence electrons. The lowest BCUT2D eigenvalue weighted by atomic mass is 10.0. The molecule has 2 nitrogen and oxygen atoms in total. The Morgan fingerprint density at radius 3 is 2.81 bits per heavy atom. The largest absolute Gasteiger partial charge is 0.496 e. The van der Waals surface area contributed by atoms with Crippen LogP contribution in [0.25, 0.3) is 5.57 Å². The lowest BCUT2D eigenvalue weighted by Gasteiger charge is -2.10. The van der Waals surface area contributed by atoms with Gasteiger partial charge in [0, 0.05) is 5.56 Å². The molecule has 0 saturated heterocycles. The van der Waals surface area contributed by atoms with E-state index in [-0.39, 0.29) is 0 Å². The molecule has 1 N–H and O–H groups in total. The maximum absolute atomic E-state index is 5.37. The van der Waals surface area contributed by atoms with Gasteiger partial charge in [0.1, 0.15) is 5.75 Å². The standard InChI is InChI=1S/C14H21NO/c1-11-7-8-14(16-4)13(10-11)12(2)6-5-9-15-3/h6-8,10,15H,5,9H2,1-4H3. The summed E-state index contributed by atoms with van der Waals surface area (Å²) < 4.78 is 5.37. The van der Waals surface area contributed by atoms with Crippen LogP contribution in [-0.4, -0.2) is 20.7 Å². The number of nitrogens with one attached hydrogen (secondary N) is 1. The number of hydrogen-bond acceptors (Lipinski definition) is 2. The van der Waals surface area contributed by atoms with Crippen LogP contribution in [0, 0.1) is 6.92 Å². The summed E-state index contributed by atoms with van der Waals surface area (Å²) in [5.74, 6) is 0.948. The zero-order chi connectivity index (χ0) is 12.0. The van der Waals surface area contributed by atoms with Crippen LogP contribution in [0.1, 0.15) is 24.5 Å². The van der Waals surface area contributed by atoms with Gasteiger partial charge < -0.3 is 10.1 Å². The lowest BCUT2D eigenvalue weighted by Crippen LogP contribution is -2.06. The molecule has 0 radical (unpaired) electrons. The second-order valence-electron chi connectivity index (χ2n) is 3.98. The number of benzene rings is 1. The molecule has 0 atom stereocenters. The average molecular weight is 219 g/mol. The topological polar surface area (TPSA) is 21.3 Å². The highest BCUT2D eigenvalue weighted by Crippen LogP contribution is 2.26. The Bertz CT molecular complexity index is 369. The van der Waals surface area contributed by atoms with E-state index in [1.807, 2.05) is 13.1 Å². The van der Waals surface area contributed by atoms with Crippen LogP contribution < -0.4 is 10.1 Å². The molecule has 0 aromatic heterocycles. The van der Waals surface area contributed by atoms with Gasteiger partial charge in [0.2, 0.25) is 0 Å². The van der Waals surface area contributed by atoms with E-state index in [9.17, 15) is 0 Å². The van der Waals surface area contributed by atoms with Crippen LogP contribution in [0.5, 0.6) is 5.75 Å². The van der Waals surface area contributed by atoms with Crippen molar-refractivity contribution in [3.05, 3.63) is 35.4 Å². The van der Waals surface area contributed by atoms with Crippen LogP contribution in [0.15, 0.2) is 24.3 Å². The molecule has 0 amide bonds. The van der Waals surface area contributed by atoms with Crippen molar-refractivity contribution in [2.24, 2.45) is 0 Å². The van der Waals surface area contributed by atoms with Crippen LogP contribution in [0.3, 0.4) is 0 Å². The van der Waals surface area contributed by atoms with E-state index >= 15 is 0 Å². The minimum atomic E-state index is 0.948. The summed E-state index contributed by atoms with van der Waals surface area (Å²) in [7, 11) is 3.69. The van der Waals surface area contributed by atoms with Crippen LogP contribution in [-0.2, 0) is 0 Å². The van der Waals surface area contributed by atoms with Crippen molar-refractivity contribution in [1.82, 2.24) is 5.32 Å². The third-order valence-electron chi connectivity index (χ3n) is 2.62. The summed E-state index contributed by atoms with van der Waals surface area (Å²) >= 11 is 0. The second kappa shape index (κ2) is 6.33. The maximum atomic E-state index is 5.37. The van der Waals surface area contributed by atoms with Gasteiger partial charge in [0.25, 0.3) is 0 Å². The first-order valence-corrected chi connectivity index (χ1v) is 5.65. The molecule has 0 heterocycles. The lowest BCUT2D eigenvalue weighted by molar-refractivity contribution is 0.413. The third-order valence-corrected chi connectivity index (χ3v) is 2.62. The molecule has 16 heavy (non-hydrogen) atoms. The van der Waals surface area contributed by atoms with Gasteiger partial charge in [-0.2, -0.15) is 0 Å². The third kappa shape index (κ3) is 3.38. The second-order valence-corrected chi connectivity index (χ2v) is 3.98. The fraction of sp³-hybridized carbons (Fsp3) is 0.429. The van der Waals surface area contributed by atoms with Crippen molar-refractivity contribution >= 4 is 5.57 Å². The number of rotatable bonds is 5. The van der Waals surface area contributed by atoms with Crippen molar-refractivity contribution in [3.8, 4) is 5.75 Å². The van der Waals surface area contributed by atoms with E-state index in [1.54, 1.807) is 7.11 Å². The van der Waals surface area contributed by atoms with E-state index in [2.05, 4.69) is 37.4 Å².